The van der Waals surface area contributed by atoms with E-state index >= 15 is 0 Å². The van der Waals surface area contributed by atoms with Crippen LogP contribution >= 0.6 is 12.2 Å². The summed E-state index contributed by atoms with van der Waals surface area (Å²) >= 11 is 5.55. The van der Waals surface area contributed by atoms with Crippen molar-refractivity contribution in [2.45, 2.75) is 33.1 Å². The molecule has 0 aliphatic carbocycles. The summed E-state index contributed by atoms with van der Waals surface area (Å²) in [6.45, 7) is 5.74. The second-order valence-corrected chi connectivity index (χ2v) is 8.84. The van der Waals surface area contributed by atoms with Crippen LogP contribution in [0.25, 0.3) is 0 Å². The molecule has 1 fully saturated rings. The summed E-state index contributed by atoms with van der Waals surface area (Å²) in [6, 6.07) is 22.5. The predicted octanol–water partition coefficient (Wildman–Crippen LogP) is 5.21. The molecule has 33 heavy (non-hydrogen) atoms. The van der Waals surface area contributed by atoms with E-state index in [0.29, 0.717) is 22.9 Å². The van der Waals surface area contributed by atoms with Crippen LogP contribution in [0.1, 0.15) is 29.8 Å². The first-order valence-electron chi connectivity index (χ1n) is 11.4. The molecular weight excluding hydrogens is 428 g/mol. The topological polar surface area (TPSA) is 65.4 Å². The van der Waals surface area contributed by atoms with Crippen molar-refractivity contribution in [3.05, 3.63) is 83.7 Å². The number of benzene rings is 2. The highest BCUT2D eigenvalue weighted by Crippen LogP contribution is 2.22. The lowest BCUT2D eigenvalue weighted by molar-refractivity contribution is 0.265. The molecule has 170 valence electrons. The maximum Gasteiger partial charge on any atom is 0.229 e. The van der Waals surface area contributed by atoms with E-state index in [-0.39, 0.29) is 0 Å². The van der Waals surface area contributed by atoms with Gasteiger partial charge in [-0.25, -0.2) is 9.97 Å². The van der Waals surface area contributed by atoms with Crippen molar-refractivity contribution in [1.29, 1.82) is 0 Å². The van der Waals surface area contributed by atoms with Crippen molar-refractivity contribution in [3.63, 3.8) is 0 Å². The third kappa shape index (κ3) is 6.83. The van der Waals surface area contributed by atoms with Gasteiger partial charge in [0.1, 0.15) is 0 Å². The van der Waals surface area contributed by atoms with Crippen LogP contribution in [0.5, 0.6) is 0 Å². The number of likely N-dealkylation sites (tertiary alicyclic amines) is 1. The van der Waals surface area contributed by atoms with Crippen LogP contribution in [0.2, 0.25) is 0 Å². The van der Waals surface area contributed by atoms with Gasteiger partial charge in [0.05, 0.1) is 0 Å². The molecule has 1 saturated heterocycles. The van der Waals surface area contributed by atoms with Gasteiger partial charge in [-0.2, -0.15) is 4.99 Å². The maximum atomic E-state index is 5.55. The number of thiocarbonyl (C=S) groups is 1. The van der Waals surface area contributed by atoms with Crippen LogP contribution in [-0.2, 0) is 6.42 Å². The highest BCUT2D eigenvalue weighted by atomic mass is 32.1. The van der Waals surface area contributed by atoms with Crippen LogP contribution in [0.4, 0.5) is 11.6 Å². The standard InChI is InChI=1S/C26H30N6S/c1-19-17-20(2)28-24(27-19)30-25(31-26(33)29-23-11-7-4-8-12-23)32-15-13-22(14-16-32)18-21-9-5-3-6-10-21/h3-12,17,22H,13-16,18H2,1-2H3,(H2,27,28,29,30,31,33). The van der Waals surface area contributed by atoms with Gasteiger partial charge in [-0.1, -0.05) is 48.5 Å². The SMILES string of the molecule is Cc1cc(C)nc(N/C(=N/C(=S)Nc2ccccc2)N2CCC(Cc3ccccc3)CC2)n1. The Bertz CT molecular complexity index is 1070. The molecule has 2 N–H and O–H groups in total. The molecule has 0 radical (unpaired) electrons. The molecule has 2 heterocycles. The highest BCUT2D eigenvalue weighted by molar-refractivity contribution is 7.80. The number of aromatic nitrogens is 2. The highest BCUT2D eigenvalue weighted by Gasteiger charge is 2.23. The number of hydrogen-bond donors (Lipinski definition) is 2. The van der Waals surface area contributed by atoms with Crippen molar-refractivity contribution < 1.29 is 0 Å². The normalized spacial score (nSPS) is 14.7. The van der Waals surface area contributed by atoms with Gasteiger partial charge < -0.3 is 10.2 Å². The third-order valence-corrected chi connectivity index (χ3v) is 5.91. The maximum absolute atomic E-state index is 5.55. The third-order valence-electron chi connectivity index (χ3n) is 5.72. The molecule has 0 saturated carbocycles. The van der Waals surface area contributed by atoms with Gasteiger partial charge in [0.2, 0.25) is 17.0 Å². The Morgan fingerprint density at radius 2 is 1.55 bits per heavy atom. The molecule has 2 aromatic carbocycles. The van der Waals surface area contributed by atoms with Crippen molar-refractivity contribution in [2.24, 2.45) is 10.9 Å². The van der Waals surface area contributed by atoms with Crippen molar-refractivity contribution in [1.82, 2.24) is 14.9 Å². The predicted molar refractivity (Wildman–Crippen MR) is 140 cm³/mol. The summed E-state index contributed by atoms with van der Waals surface area (Å²) in [5.41, 5.74) is 4.14. The lowest BCUT2D eigenvalue weighted by Crippen LogP contribution is -2.43. The molecule has 1 aromatic heterocycles. The number of nitrogens with one attached hydrogen (secondary N) is 2. The smallest absolute Gasteiger partial charge is 0.229 e. The fraction of sp³-hybridized carbons (Fsp3) is 0.308. The molecule has 1 aliphatic heterocycles. The Hall–Kier alpha value is -3.32. The molecule has 1 aliphatic rings. The van der Waals surface area contributed by atoms with Gasteiger partial charge in [-0.15, -0.1) is 0 Å². The van der Waals surface area contributed by atoms with E-state index in [2.05, 4.69) is 55.8 Å². The largest absolute Gasteiger partial charge is 0.342 e. The fourth-order valence-electron chi connectivity index (χ4n) is 4.12. The minimum atomic E-state index is 0.402. The van der Waals surface area contributed by atoms with Crippen molar-refractivity contribution in [2.75, 3.05) is 23.7 Å². The molecule has 0 bridgehead atoms. The van der Waals surface area contributed by atoms with Gasteiger partial charge in [-0.05, 0) is 75.0 Å². The van der Waals surface area contributed by atoms with Gasteiger partial charge in [0, 0.05) is 30.2 Å². The first-order chi connectivity index (χ1) is 16.0. The average molecular weight is 459 g/mol. The lowest BCUT2D eigenvalue weighted by atomic mass is 9.90. The molecule has 3 aromatic rings. The molecule has 0 spiro atoms. The zero-order valence-electron chi connectivity index (χ0n) is 19.2. The van der Waals surface area contributed by atoms with E-state index in [4.69, 9.17) is 17.2 Å². The molecule has 4 rings (SSSR count). The number of anilines is 2. The Morgan fingerprint density at radius 3 is 2.18 bits per heavy atom. The summed E-state index contributed by atoms with van der Waals surface area (Å²) in [5, 5.41) is 6.94. The summed E-state index contributed by atoms with van der Waals surface area (Å²) < 4.78 is 0. The second-order valence-electron chi connectivity index (χ2n) is 8.45. The second kappa shape index (κ2) is 11.0. The van der Waals surface area contributed by atoms with Crippen LogP contribution in [-0.4, -0.2) is 39.0 Å². The van der Waals surface area contributed by atoms with Crippen LogP contribution in [0.3, 0.4) is 0 Å². The van der Waals surface area contributed by atoms with Crippen LogP contribution in [0, 0.1) is 19.8 Å². The fourth-order valence-corrected chi connectivity index (χ4v) is 4.33. The summed E-state index contributed by atoms with van der Waals surface area (Å²) in [6.07, 6.45) is 3.31. The van der Waals surface area contributed by atoms with Crippen molar-refractivity contribution in [3.8, 4) is 0 Å². The van der Waals surface area contributed by atoms with Gasteiger partial charge >= 0.3 is 0 Å². The Morgan fingerprint density at radius 1 is 0.939 bits per heavy atom. The average Bonchev–Trinajstić information content (AvgIpc) is 2.80. The first kappa shape index (κ1) is 22.9. The molecule has 7 heteroatoms. The van der Waals surface area contributed by atoms with Gasteiger partial charge in [0.25, 0.3) is 0 Å². The summed E-state index contributed by atoms with van der Waals surface area (Å²) in [5.74, 6) is 1.89. The lowest BCUT2D eigenvalue weighted by Gasteiger charge is -2.34. The number of nitrogens with zero attached hydrogens (tertiary/aromatic N) is 4. The summed E-state index contributed by atoms with van der Waals surface area (Å²) in [4.78, 5) is 16.1. The Kier molecular flexibility index (Phi) is 7.62. The van der Waals surface area contributed by atoms with E-state index < -0.39 is 0 Å². The summed E-state index contributed by atoms with van der Waals surface area (Å²) in [7, 11) is 0. The molecule has 0 atom stereocenters. The number of aliphatic imine (C=N–C) groups is 1. The minimum Gasteiger partial charge on any atom is -0.342 e. The van der Waals surface area contributed by atoms with E-state index in [0.717, 1.165) is 49.4 Å². The zero-order chi connectivity index (χ0) is 23.0. The Balaban J connectivity index is 1.48. The zero-order valence-corrected chi connectivity index (χ0v) is 20.0. The van der Waals surface area contributed by atoms with E-state index in [1.54, 1.807) is 0 Å². The number of hydrogen-bond acceptors (Lipinski definition) is 3. The molecular formula is C26H30N6S. The first-order valence-corrected chi connectivity index (χ1v) is 11.8. The number of rotatable bonds is 4. The van der Waals surface area contributed by atoms with Crippen LogP contribution in [0.15, 0.2) is 71.7 Å². The monoisotopic (exact) mass is 458 g/mol. The minimum absolute atomic E-state index is 0.402. The van der Waals surface area contributed by atoms with Crippen molar-refractivity contribution >= 4 is 34.9 Å². The number of piperidine rings is 1. The van der Waals surface area contributed by atoms with Gasteiger partial charge in [0.15, 0.2) is 0 Å². The number of para-hydroxylation sites is 1. The van der Waals surface area contributed by atoms with E-state index in [1.807, 2.05) is 50.2 Å². The number of aryl methyl sites for hydroxylation is 2. The molecule has 0 amide bonds. The molecule has 0 unspecified atom stereocenters. The quantitative estimate of drug-likeness (QED) is 0.318. The number of guanidine groups is 1. The van der Waals surface area contributed by atoms with Crippen LogP contribution < -0.4 is 10.6 Å². The molecule has 6 nitrogen and oxygen atoms in total. The van der Waals surface area contributed by atoms with E-state index in [1.165, 1.54) is 5.56 Å². The van der Waals surface area contributed by atoms with Gasteiger partial charge in [-0.3, -0.25) is 5.32 Å². The Labute approximate surface area is 201 Å². The van der Waals surface area contributed by atoms with E-state index in [9.17, 15) is 0 Å².